The van der Waals surface area contributed by atoms with Gasteiger partial charge in [0.2, 0.25) is 0 Å². The Balaban J connectivity index is 1.94. The minimum atomic E-state index is -0.931. The van der Waals surface area contributed by atoms with Crippen molar-refractivity contribution >= 4 is 27.6 Å². The van der Waals surface area contributed by atoms with Crippen LogP contribution in [-0.2, 0) is 0 Å². The Morgan fingerprint density at radius 2 is 2.18 bits per heavy atom. The summed E-state index contributed by atoms with van der Waals surface area (Å²) in [6.45, 7) is 0.808. The van der Waals surface area contributed by atoms with E-state index in [0.29, 0.717) is 5.92 Å². The van der Waals surface area contributed by atoms with Gasteiger partial charge in [0.15, 0.2) is 0 Å². The first-order valence-electron chi connectivity index (χ1n) is 5.51. The SMILES string of the molecule is O=C(O)c1ccc(NCC2CC(O)C2)c(Br)c1. The Morgan fingerprint density at radius 1 is 1.47 bits per heavy atom. The van der Waals surface area contributed by atoms with Crippen LogP contribution in [0.25, 0.3) is 0 Å². The Morgan fingerprint density at radius 3 is 2.71 bits per heavy atom. The Hall–Kier alpha value is -1.07. The molecule has 2 rings (SSSR count). The highest BCUT2D eigenvalue weighted by Crippen LogP contribution is 2.29. The number of nitrogens with one attached hydrogen (secondary N) is 1. The third kappa shape index (κ3) is 2.98. The maximum Gasteiger partial charge on any atom is 0.335 e. The highest BCUT2D eigenvalue weighted by molar-refractivity contribution is 9.10. The van der Waals surface area contributed by atoms with Gasteiger partial charge in [0.1, 0.15) is 0 Å². The largest absolute Gasteiger partial charge is 0.478 e. The molecule has 0 radical (unpaired) electrons. The van der Waals surface area contributed by atoms with E-state index in [9.17, 15) is 4.79 Å². The van der Waals surface area contributed by atoms with Crippen molar-refractivity contribution in [2.45, 2.75) is 18.9 Å². The van der Waals surface area contributed by atoms with Crippen molar-refractivity contribution in [1.29, 1.82) is 0 Å². The zero-order valence-electron chi connectivity index (χ0n) is 9.19. The van der Waals surface area contributed by atoms with Crippen molar-refractivity contribution in [1.82, 2.24) is 0 Å². The number of carboxylic acid groups (broad SMARTS) is 1. The van der Waals surface area contributed by atoms with Crippen LogP contribution in [0.1, 0.15) is 23.2 Å². The Labute approximate surface area is 108 Å². The topological polar surface area (TPSA) is 69.6 Å². The van der Waals surface area contributed by atoms with E-state index in [0.717, 1.165) is 29.5 Å². The predicted molar refractivity (Wildman–Crippen MR) is 68.3 cm³/mol. The van der Waals surface area contributed by atoms with Gasteiger partial charge in [-0.05, 0) is 52.9 Å². The Kier molecular flexibility index (Phi) is 3.69. The summed E-state index contributed by atoms with van der Waals surface area (Å²) in [6, 6.07) is 4.91. The molecular formula is C12H14BrNO3. The number of aliphatic hydroxyl groups is 1. The molecule has 5 heteroatoms. The van der Waals surface area contributed by atoms with E-state index in [2.05, 4.69) is 21.2 Å². The molecule has 1 saturated carbocycles. The standard InChI is InChI=1S/C12H14BrNO3/c13-10-5-8(12(16)17)1-2-11(10)14-6-7-3-9(15)4-7/h1-2,5,7,9,14-15H,3-4,6H2,(H,16,17). The smallest absolute Gasteiger partial charge is 0.335 e. The van der Waals surface area contributed by atoms with Crippen molar-refractivity contribution in [2.24, 2.45) is 5.92 Å². The van der Waals surface area contributed by atoms with Crippen LogP contribution < -0.4 is 5.32 Å². The van der Waals surface area contributed by atoms with E-state index < -0.39 is 5.97 Å². The van der Waals surface area contributed by atoms with E-state index in [-0.39, 0.29) is 11.7 Å². The van der Waals surface area contributed by atoms with Gasteiger partial charge in [-0.15, -0.1) is 0 Å². The fraction of sp³-hybridized carbons (Fsp3) is 0.417. The normalized spacial score (nSPS) is 22.9. The van der Waals surface area contributed by atoms with Crippen molar-refractivity contribution in [2.75, 3.05) is 11.9 Å². The molecule has 4 nitrogen and oxygen atoms in total. The minimum Gasteiger partial charge on any atom is -0.478 e. The third-order valence-corrected chi connectivity index (χ3v) is 3.66. The zero-order valence-corrected chi connectivity index (χ0v) is 10.8. The first-order chi connectivity index (χ1) is 8.06. The van der Waals surface area contributed by atoms with Crippen LogP contribution in [0.15, 0.2) is 22.7 Å². The summed E-state index contributed by atoms with van der Waals surface area (Å²) in [5.74, 6) is -0.421. The first kappa shape index (κ1) is 12.4. The quantitative estimate of drug-likeness (QED) is 0.798. The molecule has 0 aliphatic heterocycles. The maximum absolute atomic E-state index is 10.8. The number of aromatic carboxylic acids is 1. The molecule has 1 aromatic rings. The number of aliphatic hydroxyl groups excluding tert-OH is 1. The molecule has 0 saturated heterocycles. The first-order valence-corrected chi connectivity index (χ1v) is 6.30. The highest BCUT2D eigenvalue weighted by atomic mass is 79.9. The molecule has 0 atom stereocenters. The molecule has 0 aromatic heterocycles. The van der Waals surface area contributed by atoms with E-state index in [4.69, 9.17) is 10.2 Å². The lowest BCUT2D eigenvalue weighted by Gasteiger charge is -2.31. The second kappa shape index (κ2) is 5.06. The molecule has 0 bridgehead atoms. The summed E-state index contributed by atoms with van der Waals surface area (Å²) in [7, 11) is 0. The van der Waals surface area contributed by atoms with Gasteiger partial charge in [0, 0.05) is 16.7 Å². The average Bonchev–Trinajstić information content (AvgIpc) is 2.24. The predicted octanol–water partition coefficient (Wildman–Crippen LogP) is 2.33. The zero-order chi connectivity index (χ0) is 12.4. The Bertz CT molecular complexity index is 430. The van der Waals surface area contributed by atoms with Gasteiger partial charge in [-0.1, -0.05) is 0 Å². The second-order valence-corrected chi connectivity index (χ2v) is 5.23. The van der Waals surface area contributed by atoms with Crippen molar-refractivity contribution in [3.05, 3.63) is 28.2 Å². The summed E-state index contributed by atoms with van der Waals surface area (Å²) in [5.41, 5.74) is 1.15. The minimum absolute atomic E-state index is 0.139. The van der Waals surface area contributed by atoms with Gasteiger partial charge in [0.25, 0.3) is 0 Å². The third-order valence-electron chi connectivity index (χ3n) is 3.01. The summed E-state index contributed by atoms with van der Waals surface area (Å²) in [4.78, 5) is 10.8. The van der Waals surface area contributed by atoms with Gasteiger partial charge < -0.3 is 15.5 Å². The lowest BCUT2D eigenvalue weighted by molar-refractivity contribution is 0.0486. The molecule has 1 aliphatic rings. The van der Waals surface area contributed by atoms with Crippen LogP contribution in [0.5, 0.6) is 0 Å². The average molecular weight is 300 g/mol. The van der Waals surface area contributed by atoms with E-state index in [1.807, 2.05) is 0 Å². The van der Waals surface area contributed by atoms with Crippen LogP contribution in [0.4, 0.5) is 5.69 Å². The molecule has 17 heavy (non-hydrogen) atoms. The number of hydrogen-bond donors (Lipinski definition) is 3. The molecule has 1 aliphatic carbocycles. The van der Waals surface area contributed by atoms with Crippen molar-refractivity contribution in [3.8, 4) is 0 Å². The van der Waals surface area contributed by atoms with Gasteiger partial charge >= 0.3 is 5.97 Å². The van der Waals surface area contributed by atoms with Crippen LogP contribution in [0, 0.1) is 5.92 Å². The highest BCUT2D eigenvalue weighted by Gasteiger charge is 2.26. The monoisotopic (exact) mass is 299 g/mol. The van der Waals surface area contributed by atoms with Gasteiger partial charge in [0.05, 0.1) is 11.7 Å². The van der Waals surface area contributed by atoms with E-state index >= 15 is 0 Å². The molecule has 1 fully saturated rings. The molecule has 92 valence electrons. The molecule has 0 amide bonds. The second-order valence-electron chi connectivity index (χ2n) is 4.37. The van der Waals surface area contributed by atoms with E-state index in [1.54, 1.807) is 18.2 Å². The summed E-state index contributed by atoms with van der Waals surface area (Å²) >= 11 is 3.34. The molecule has 0 heterocycles. The number of carbonyl (C=O) groups is 1. The van der Waals surface area contributed by atoms with Crippen molar-refractivity contribution < 1.29 is 15.0 Å². The number of carboxylic acids is 1. The molecule has 1 aromatic carbocycles. The summed E-state index contributed by atoms with van der Waals surface area (Å²) < 4.78 is 0.747. The van der Waals surface area contributed by atoms with Crippen LogP contribution in [0.2, 0.25) is 0 Å². The van der Waals surface area contributed by atoms with Gasteiger partial charge in [-0.2, -0.15) is 0 Å². The molecule has 0 unspecified atom stereocenters. The van der Waals surface area contributed by atoms with Crippen LogP contribution in [0.3, 0.4) is 0 Å². The maximum atomic E-state index is 10.8. The summed E-state index contributed by atoms with van der Waals surface area (Å²) in [6.07, 6.45) is 1.55. The van der Waals surface area contributed by atoms with Crippen LogP contribution in [-0.4, -0.2) is 28.8 Å². The van der Waals surface area contributed by atoms with Gasteiger partial charge in [-0.25, -0.2) is 4.79 Å². The lowest BCUT2D eigenvalue weighted by atomic mass is 9.82. The van der Waals surface area contributed by atoms with E-state index in [1.165, 1.54) is 0 Å². The van der Waals surface area contributed by atoms with Gasteiger partial charge in [-0.3, -0.25) is 0 Å². The molecule has 0 spiro atoms. The fourth-order valence-electron chi connectivity index (χ4n) is 1.91. The lowest BCUT2D eigenvalue weighted by Crippen LogP contribution is -2.33. The number of rotatable bonds is 4. The van der Waals surface area contributed by atoms with Crippen molar-refractivity contribution in [3.63, 3.8) is 0 Å². The van der Waals surface area contributed by atoms with Crippen LogP contribution >= 0.6 is 15.9 Å². The number of benzene rings is 1. The molecular weight excluding hydrogens is 286 g/mol. The summed E-state index contributed by atoms with van der Waals surface area (Å²) in [5, 5.41) is 21.2. The molecule has 3 N–H and O–H groups in total. The number of halogens is 1. The number of anilines is 1. The fourth-order valence-corrected chi connectivity index (χ4v) is 2.43. The number of hydrogen-bond acceptors (Lipinski definition) is 3.